The fourth-order valence-electron chi connectivity index (χ4n) is 3.55. The summed E-state index contributed by atoms with van der Waals surface area (Å²) in [6.45, 7) is 5.78. The van der Waals surface area contributed by atoms with Gasteiger partial charge in [0.1, 0.15) is 5.82 Å². The molecule has 0 bridgehead atoms. The molecular formula is C23H28FN3O3. The lowest BCUT2D eigenvalue weighted by Crippen LogP contribution is -2.48. The normalized spacial score (nSPS) is 18.7. The van der Waals surface area contributed by atoms with E-state index in [1.165, 1.54) is 6.07 Å². The van der Waals surface area contributed by atoms with Crippen LogP contribution in [0, 0.1) is 5.82 Å². The number of carbonyl (C=O) groups is 2. The van der Waals surface area contributed by atoms with E-state index in [0.29, 0.717) is 43.7 Å². The molecule has 0 saturated carbocycles. The first-order valence-electron chi connectivity index (χ1n) is 10.2. The summed E-state index contributed by atoms with van der Waals surface area (Å²) in [4.78, 5) is 26.5. The zero-order chi connectivity index (χ0) is 21.5. The minimum absolute atomic E-state index is 0.0117. The zero-order valence-electron chi connectivity index (χ0n) is 17.4. The molecule has 0 radical (unpaired) electrons. The number of nitrogens with one attached hydrogen (secondary N) is 2. The van der Waals surface area contributed by atoms with Gasteiger partial charge in [-0.15, -0.1) is 0 Å². The van der Waals surface area contributed by atoms with Crippen LogP contribution in [-0.4, -0.2) is 48.7 Å². The van der Waals surface area contributed by atoms with Crippen LogP contribution in [0.1, 0.15) is 35.3 Å². The Morgan fingerprint density at radius 1 is 1.03 bits per heavy atom. The number of morpholine rings is 1. The average molecular weight is 413 g/mol. The van der Waals surface area contributed by atoms with E-state index in [-0.39, 0.29) is 30.0 Å². The summed E-state index contributed by atoms with van der Waals surface area (Å²) < 4.78 is 19.2. The number of amides is 3. The van der Waals surface area contributed by atoms with Crippen LogP contribution in [0.3, 0.4) is 0 Å². The van der Waals surface area contributed by atoms with E-state index in [1.807, 2.05) is 30.9 Å². The Hall–Kier alpha value is -2.93. The molecule has 6 nitrogen and oxygen atoms in total. The molecule has 2 atom stereocenters. The van der Waals surface area contributed by atoms with Gasteiger partial charge in [-0.2, -0.15) is 0 Å². The summed E-state index contributed by atoms with van der Waals surface area (Å²) in [6, 6.07) is 13.4. The monoisotopic (exact) mass is 413 g/mol. The Bertz CT molecular complexity index is 862. The molecule has 2 unspecified atom stereocenters. The molecule has 160 valence electrons. The van der Waals surface area contributed by atoms with E-state index in [4.69, 9.17) is 4.74 Å². The molecule has 2 N–H and O–H groups in total. The van der Waals surface area contributed by atoms with E-state index < -0.39 is 0 Å². The Kier molecular flexibility index (Phi) is 7.41. The smallest absolute Gasteiger partial charge is 0.315 e. The molecule has 1 saturated heterocycles. The summed E-state index contributed by atoms with van der Waals surface area (Å²) in [5.74, 6) is -0.280. The van der Waals surface area contributed by atoms with Gasteiger partial charge in [-0.1, -0.05) is 30.3 Å². The van der Waals surface area contributed by atoms with Crippen molar-refractivity contribution in [2.75, 3.05) is 19.6 Å². The predicted molar refractivity (Wildman–Crippen MR) is 113 cm³/mol. The SMILES string of the molecule is CC1CN(C(=O)c2ccc(CNC(=O)NCCc3ccccc3F)cc2)CC(C)O1. The van der Waals surface area contributed by atoms with Gasteiger partial charge in [-0.3, -0.25) is 4.79 Å². The van der Waals surface area contributed by atoms with Gasteiger partial charge in [0.25, 0.3) is 5.91 Å². The third-order valence-corrected chi connectivity index (χ3v) is 5.00. The molecular weight excluding hydrogens is 385 g/mol. The van der Waals surface area contributed by atoms with Crippen LogP contribution in [0.5, 0.6) is 0 Å². The Morgan fingerprint density at radius 3 is 2.37 bits per heavy atom. The van der Waals surface area contributed by atoms with Crippen LogP contribution < -0.4 is 10.6 Å². The summed E-state index contributed by atoms with van der Waals surface area (Å²) >= 11 is 0. The average Bonchev–Trinajstić information content (AvgIpc) is 2.73. The fraction of sp³-hybridized carbons (Fsp3) is 0.391. The largest absolute Gasteiger partial charge is 0.372 e. The topological polar surface area (TPSA) is 70.7 Å². The van der Waals surface area contributed by atoms with Crippen molar-refractivity contribution in [2.45, 2.75) is 39.0 Å². The van der Waals surface area contributed by atoms with Crippen molar-refractivity contribution in [3.8, 4) is 0 Å². The van der Waals surface area contributed by atoms with Crippen molar-refractivity contribution in [3.05, 3.63) is 71.0 Å². The van der Waals surface area contributed by atoms with Crippen LogP contribution in [0.15, 0.2) is 48.5 Å². The van der Waals surface area contributed by atoms with Crippen LogP contribution >= 0.6 is 0 Å². The molecule has 1 fully saturated rings. The third-order valence-electron chi connectivity index (χ3n) is 5.00. The number of halogens is 1. The number of ether oxygens (including phenoxy) is 1. The first-order chi connectivity index (χ1) is 14.4. The fourth-order valence-corrected chi connectivity index (χ4v) is 3.55. The Balaban J connectivity index is 1.43. The highest BCUT2D eigenvalue weighted by Crippen LogP contribution is 2.15. The predicted octanol–water partition coefficient (Wildman–Crippen LogP) is 3.12. The molecule has 3 amide bonds. The number of hydrogen-bond acceptors (Lipinski definition) is 3. The molecule has 7 heteroatoms. The number of rotatable bonds is 6. The standard InChI is InChI=1S/C23H28FN3O3/c1-16-14-27(15-17(2)30-16)22(28)20-9-7-18(8-10-20)13-26-23(29)25-12-11-19-5-3-4-6-21(19)24/h3-10,16-17H,11-15H2,1-2H3,(H2,25,26,29). The van der Waals surface area contributed by atoms with Gasteiger partial charge in [0.15, 0.2) is 0 Å². The van der Waals surface area contributed by atoms with Gasteiger partial charge < -0.3 is 20.3 Å². The maximum absolute atomic E-state index is 13.6. The summed E-state index contributed by atoms with van der Waals surface area (Å²) in [5, 5.41) is 5.49. The van der Waals surface area contributed by atoms with E-state index in [0.717, 1.165) is 5.56 Å². The van der Waals surface area contributed by atoms with Crippen LogP contribution in [0.25, 0.3) is 0 Å². The van der Waals surface area contributed by atoms with Crippen molar-refractivity contribution in [1.29, 1.82) is 0 Å². The van der Waals surface area contributed by atoms with E-state index in [9.17, 15) is 14.0 Å². The van der Waals surface area contributed by atoms with Gasteiger partial charge in [-0.05, 0) is 49.6 Å². The molecule has 0 spiro atoms. The molecule has 30 heavy (non-hydrogen) atoms. The first-order valence-corrected chi connectivity index (χ1v) is 10.2. The number of nitrogens with zero attached hydrogens (tertiary/aromatic N) is 1. The second-order valence-electron chi connectivity index (χ2n) is 7.62. The Morgan fingerprint density at radius 2 is 1.70 bits per heavy atom. The number of urea groups is 1. The summed E-state index contributed by atoms with van der Waals surface area (Å²) in [5.41, 5.74) is 2.08. The highest BCUT2D eigenvalue weighted by molar-refractivity contribution is 5.94. The highest BCUT2D eigenvalue weighted by atomic mass is 19.1. The van der Waals surface area contributed by atoms with E-state index in [2.05, 4.69) is 10.6 Å². The van der Waals surface area contributed by atoms with Crippen LogP contribution in [-0.2, 0) is 17.7 Å². The van der Waals surface area contributed by atoms with Gasteiger partial charge in [-0.25, -0.2) is 9.18 Å². The van der Waals surface area contributed by atoms with Crippen molar-refractivity contribution in [1.82, 2.24) is 15.5 Å². The third kappa shape index (κ3) is 6.03. The lowest BCUT2D eigenvalue weighted by molar-refractivity contribution is -0.0586. The van der Waals surface area contributed by atoms with Crippen molar-refractivity contribution in [2.24, 2.45) is 0 Å². The Labute approximate surface area is 176 Å². The lowest BCUT2D eigenvalue weighted by Gasteiger charge is -2.35. The molecule has 0 aromatic heterocycles. The van der Waals surface area contributed by atoms with Gasteiger partial charge in [0, 0.05) is 31.7 Å². The summed E-state index contributed by atoms with van der Waals surface area (Å²) in [7, 11) is 0. The van der Waals surface area contributed by atoms with Crippen molar-refractivity contribution in [3.63, 3.8) is 0 Å². The van der Waals surface area contributed by atoms with Gasteiger partial charge in [0.05, 0.1) is 12.2 Å². The number of benzene rings is 2. The zero-order valence-corrected chi connectivity index (χ0v) is 17.4. The van der Waals surface area contributed by atoms with Crippen LogP contribution in [0.2, 0.25) is 0 Å². The van der Waals surface area contributed by atoms with Crippen LogP contribution in [0.4, 0.5) is 9.18 Å². The van der Waals surface area contributed by atoms with Crippen molar-refractivity contribution >= 4 is 11.9 Å². The molecule has 1 aliphatic rings. The highest BCUT2D eigenvalue weighted by Gasteiger charge is 2.26. The maximum Gasteiger partial charge on any atom is 0.315 e. The van der Waals surface area contributed by atoms with Crippen molar-refractivity contribution < 1.29 is 18.7 Å². The summed E-state index contributed by atoms with van der Waals surface area (Å²) in [6.07, 6.45) is 0.478. The van der Waals surface area contributed by atoms with E-state index >= 15 is 0 Å². The maximum atomic E-state index is 13.6. The quantitative estimate of drug-likeness (QED) is 0.765. The molecule has 1 heterocycles. The molecule has 1 aliphatic heterocycles. The van der Waals surface area contributed by atoms with Gasteiger partial charge in [0.2, 0.25) is 0 Å². The minimum atomic E-state index is -0.317. The van der Waals surface area contributed by atoms with Gasteiger partial charge >= 0.3 is 6.03 Å². The lowest BCUT2D eigenvalue weighted by atomic mass is 10.1. The second kappa shape index (κ2) is 10.2. The first kappa shape index (κ1) is 21.8. The number of carbonyl (C=O) groups excluding carboxylic acids is 2. The molecule has 2 aromatic rings. The minimum Gasteiger partial charge on any atom is -0.372 e. The molecule has 2 aromatic carbocycles. The second-order valence-corrected chi connectivity index (χ2v) is 7.62. The molecule has 3 rings (SSSR count). The molecule has 0 aliphatic carbocycles. The number of hydrogen-bond donors (Lipinski definition) is 2. The van der Waals surface area contributed by atoms with E-state index in [1.54, 1.807) is 30.3 Å².